The summed E-state index contributed by atoms with van der Waals surface area (Å²) in [7, 11) is 0. The van der Waals surface area contributed by atoms with E-state index in [0.29, 0.717) is 27.1 Å². The highest BCUT2D eigenvalue weighted by atomic mass is 35.5. The third-order valence-corrected chi connectivity index (χ3v) is 3.92. The molecule has 0 N–H and O–H groups in total. The van der Waals surface area contributed by atoms with E-state index in [1.54, 1.807) is 30.3 Å². The van der Waals surface area contributed by atoms with Crippen LogP contribution in [0.1, 0.15) is 11.4 Å². The number of nitriles is 1. The normalized spacial score (nSPS) is 10.8. The Morgan fingerprint density at radius 3 is 2.67 bits per heavy atom. The Hall–Kier alpha value is -1.73. The van der Waals surface area contributed by atoms with Gasteiger partial charge in [0.2, 0.25) is 0 Å². The van der Waals surface area contributed by atoms with Gasteiger partial charge in [0.25, 0.3) is 0 Å². The number of halogens is 3. The average molecular weight is 337 g/mol. The first-order valence-electron chi connectivity index (χ1n) is 6.07. The molecular formula is C15H8Cl3N3. The molecule has 0 saturated heterocycles. The Balaban J connectivity index is 2.36. The Morgan fingerprint density at radius 2 is 1.95 bits per heavy atom. The van der Waals surface area contributed by atoms with Gasteiger partial charge >= 0.3 is 0 Å². The number of benzene rings is 2. The fourth-order valence-electron chi connectivity index (χ4n) is 2.22. The van der Waals surface area contributed by atoms with Crippen molar-refractivity contribution in [3.63, 3.8) is 0 Å². The molecule has 1 heterocycles. The monoisotopic (exact) mass is 335 g/mol. The molecule has 6 heteroatoms. The standard InChI is InChI=1S/C15H8Cl3N3/c16-7-15-20-12-6-10(17)2-4-13(12)21(15)14-5-9(8-19)1-3-11(14)18/h1-6H,7H2. The second-order valence-corrected chi connectivity index (χ2v) is 5.52. The number of imidazole rings is 1. The smallest absolute Gasteiger partial charge is 0.129 e. The van der Waals surface area contributed by atoms with Crippen molar-refractivity contribution in [1.29, 1.82) is 5.26 Å². The van der Waals surface area contributed by atoms with Gasteiger partial charge in [-0.1, -0.05) is 23.2 Å². The van der Waals surface area contributed by atoms with Crippen LogP contribution in [0.25, 0.3) is 16.7 Å². The minimum atomic E-state index is 0.222. The van der Waals surface area contributed by atoms with Crippen LogP contribution in [0, 0.1) is 11.3 Å². The molecule has 104 valence electrons. The lowest BCUT2D eigenvalue weighted by Crippen LogP contribution is -2.00. The van der Waals surface area contributed by atoms with Crippen molar-refractivity contribution in [3.05, 3.63) is 57.8 Å². The SMILES string of the molecule is N#Cc1ccc(Cl)c(-n2c(CCl)nc3cc(Cl)ccc32)c1. The predicted octanol–water partition coefficient (Wildman–Crippen LogP) is 4.94. The highest BCUT2D eigenvalue weighted by Crippen LogP contribution is 2.29. The van der Waals surface area contributed by atoms with E-state index in [9.17, 15) is 0 Å². The molecule has 21 heavy (non-hydrogen) atoms. The largest absolute Gasteiger partial charge is 0.294 e. The molecule has 0 radical (unpaired) electrons. The van der Waals surface area contributed by atoms with E-state index >= 15 is 0 Å². The van der Waals surface area contributed by atoms with E-state index in [4.69, 9.17) is 40.1 Å². The van der Waals surface area contributed by atoms with Gasteiger partial charge in [-0.2, -0.15) is 5.26 Å². The summed E-state index contributed by atoms with van der Waals surface area (Å²) in [5, 5.41) is 10.2. The number of nitrogens with zero attached hydrogens (tertiary/aromatic N) is 3. The molecule has 3 nitrogen and oxygen atoms in total. The zero-order chi connectivity index (χ0) is 15.0. The first kappa shape index (κ1) is 14.2. The van der Waals surface area contributed by atoms with Gasteiger partial charge in [-0.05, 0) is 36.4 Å². The van der Waals surface area contributed by atoms with Gasteiger partial charge in [-0.15, -0.1) is 11.6 Å². The molecule has 0 aliphatic heterocycles. The Labute approximate surface area is 136 Å². The number of rotatable bonds is 2. The van der Waals surface area contributed by atoms with Crippen LogP contribution < -0.4 is 0 Å². The number of fused-ring (bicyclic) bond motifs is 1. The summed E-state index contributed by atoms with van der Waals surface area (Å²) < 4.78 is 1.85. The summed E-state index contributed by atoms with van der Waals surface area (Å²) in [6, 6.07) is 12.6. The fourth-order valence-corrected chi connectivity index (χ4v) is 2.76. The molecule has 3 aromatic rings. The number of aromatic nitrogens is 2. The van der Waals surface area contributed by atoms with Crippen LogP contribution in [-0.4, -0.2) is 9.55 Å². The molecule has 1 aromatic heterocycles. The zero-order valence-electron chi connectivity index (χ0n) is 10.6. The minimum Gasteiger partial charge on any atom is -0.294 e. The topological polar surface area (TPSA) is 41.6 Å². The van der Waals surface area contributed by atoms with Crippen LogP contribution in [-0.2, 0) is 5.88 Å². The van der Waals surface area contributed by atoms with Crippen molar-refractivity contribution in [1.82, 2.24) is 9.55 Å². The van der Waals surface area contributed by atoms with Crippen molar-refractivity contribution < 1.29 is 0 Å². The van der Waals surface area contributed by atoms with Gasteiger partial charge in [-0.3, -0.25) is 4.57 Å². The van der Waals surface area contributed by atoms with Gasteiger partial charge in [0.15, 0.2) is 0 Å². The zero-order valence-corrected chi connectivity index (χ0v) is 12.9. The van der Waals surface area contributed by atoms with Crippen LogP contribution in [0.15, 0.2) is 36.4 Å². The van der Waals surface area contributed by atoms with Gasteiger partial charge in [-0.25, -0.2) is 4.98 Å². The fraction of sp³-hybridized carbons (Fsp3) is 0.0667. The first-order valence-corrected chi connectivity index (χ1v) is 7.36. The molecule has 0 fully saturated rings. The third kappa shape index (κ3) is 2.47. The summed E-state index contributed by atoms with van der Waals surface area (Å²) in [5.74, 6) is 0.866. The Kier molecular flexibility index (Phi) is 3.77. The van der Waals surface area contributed by atoms with Crippen molar-refractivity contribution in [2.24, 2.45) is 0 Å². The van der Waals surface area contributed by atoms with Crippen LogP contribution in [0.4, 0.5) is 0 Å². The maximum Gasteiger partial charge on any atom is 0.129 e. The van der Waals surface area contributed by atoms with E-state index in [1.807, 2.05) is 10.6 Å². The summed E-state index contributed by atoms with van der Waals surface area (Å²) in [6.07, 6.45) is 0. The van der Waals surface area contributed by atoms with Crippen LogP contribution in [0.2, 0.25) is 10.0 Å². The molecule has 0 aliphatic rings. The lowest BCUT2D eigenvalue weighted by atomic mass is 10.2. The summed E-state index contributed by atoms with van der Waals surface area (Å²) in [4.78, 5) is 4.47. The molecular weight excluding hydrogens is 329 g/mol. The quantitative estimate of drug-likeness (QED) is 0.622. The molecule has 0 saturated carbocycles. The van der Waals surface area contributed by atoms with Gasteiger partial charge in [0.05, 0.1) is 39.3 Å². The number of hydrogen-bond acceptors (Lipinski definition) is 2. The van der Waals surface area contributed by atoms with Gasteiger partial charge in [0.1, 0.15) is 5.82 Å². The van der Waals surface area contributed by atoms with Crippen molar-refractivity contribution in [3.8, 4) is 11.8 Å². The van der Waals surface area contributed by atoms with Crippen molar-refractivity contribution in [2.45, 2.75) is 5.88 Å². The van der Waals surface area contributed by atoms with Crippen LogP contribution in [0.5, 0.6) is 0 Å². The first-order chi connectivity index (χ1) is 10.1. The van der Waals surface area contributed by atoms with E-state index < -0.39 is 0 Å². The molecule has 3 rings (SSSR count). The second kappa shape index (κ2) is 5.57. The van der Waals surface area contributed by atoms with E-state index in [2.05, 4.69) is 11.1 Å². The maximum absolute atomic E-state index is 9.07. The third-order valence-electron chi connectivity index (χ3n) is 3.12. The van der Waals surface area contributed by atoms with Gasteiger partial charge < -0.3 is 0 Å². The molecule has 0 bridgehead atoms. The Bertz CT molecular complexity index is 878. The molecule has 0 unspecified atom stereocenters. The number of hydrogen-bond donors (Lipinski definition) is 0. The van der Waals surface area contributed by atoms with Crippen LogP contribution >= 0.6 is 34.8 Å². The van der Waals surface area contributed by atoms with Crippen LogP contribution in [0.3, 0.4) is 0 Å². The molecule has 0 spiro atoms. The minimum absolute atomic E-state index is 0.222. The lowest BCUT2D eigenvalue weighted by Gasteiger charge is -2.10. The maximum atomic E-state index is 9.07. The van der Waals surface area contributed by atoms with E-state index in [0.717, 1.165) is 11.0 Å². The lowest BCUT2D eigenvalue weighted by molar-refractivity contribution is 0.981. The Morgan fingerprint density at radius 1 is 1.14 bits per heavy atom. The van der Waals surface area contributed by atoms with Crippen molar-refractivity contribution >= 4 is 45.8 Å². The number of alkyl halides is 1. The highest BCUT2D eigenvalue weighted by molar-refractivity contribution is 6.32. The molecule has 0 aliphatic carbocycles. The van der Waals surface area contributed by atoms with Crippen molar-refractivity contribution in [2.75, 3.05) is 0 Å². The molecule has 2 aromatic carbocycles. The van der Waals surface area contributed by atoms with E-state index in [1.165, 1.54) is 0 Å². The average Bonchev–Trinajstić information content (AvgIpc) is 2.85. The summed E-state index contributed by atoms with van der Waals surface area (Å²) >= 11 is 18.3. The predicted molar refractivity (Wildman–Crippen MR) is 85.4 cm³/mol. The van der Waals surface area contributed by atoms with Gasteiger partial charge in [0, 0.05) is 5.02 Å². The molecule has 0 atom stereocenters. The van der Waals surface area contributed by atoms with E-state index in [-0.39, 0.29) is 5.88 Å². The summed E-state index contributed by atoms with van der Waals surface area (Å²) in [6.45, 7) is 0. The second-order valence-electron chi connectivity index (χ2n) is 4.41. The summed E-state index contributed by atoms with van der Waals surface area (Å²) in [5.41, 5.74) is 2.77. The molecule has 0 amide bonds. The highest BCUT2D eigenvalue weighted by Gasteiger charge is 2.15.